The molecular formula is C6H8F3N3S. The number of hydrogen-bond acceptors (Lipinski definition) is 2. The van der Waals surface area contributed by atoms with Crippen LogP contribution in [0.15, 0.2) is 6.33 Å². The van der Waals surface area contributed by atoms with E-state index < -0.39 is 12.6 Å². The maximum atomic E-state index is 11.7. The minimum absolute atomic E-state index is 0.0251. The third-order valence-corrected chi connectivity index (χ3v) is 1.80. The normalized spacial score (nSPS) is 11.9. The molecule has 0 unspecified atom stereocenters. The zero-order chi connectivity index (χ0) is 9.90. The maximum absolute atomic E-state index is 11.7. The minimum Gasteiger partial charge on any atom is -0.307 e. The second-order valence-corrected chi connectivity index (χ2v) is 2.96. The predicted octanol–water partition coefficient (Wildman–Crippen LogP) is 2.28. The van der Waals surface area contributed by atoms with Crippen molar-refractivity contribution in [2.24, 2.45) is 0 Å². The molecule has 1 aromatic heterocycles. The molecule has 1 aromatic rings. The summed E-state index contributed by atoms with van der Waals surface area (Å²) in [7, 11) is 0. The lowest BCUT2D eigenvalue weighted by molar-refractivity contribution is -0.135. The molecular weight excluding hydrogens is 203 g/mol. The van der Waals surface area contributed by atoms with Crippen molar-refractivity contribution < 1.29 is 13.2 Å². The van der Waals surface area contributed by atoms with E-state index in [1.165, 1.54) is 10.9 Å². The number of hydrogen-bond donors (Lipinski definition) is 1. The van der Waals surface area contributed by atoms with Gasteiger partial charge in [-0.25, -0.2) is 0 Å². The Balaban J connectivity index is 2.37. The van der Waals surface area contributed by atoms with Crippen LogP contribution in [-0.2, 0) is 6.54 Å². The average Bonchev–Trinajstić information content (AvgIpc) is 2.34. The summed E-state index contributed by atoms with van der Waals surface area (Å²) in [5.74, 6) is 0. The number of nitrogens with one attached hydrogen (secondary N) is 1. The minimum atomic E-state index is -4.09. The molecule has 0 aliphatic heterocycles. The SMILES string of the molecule is FC(F)(F)CCCn1cn[nH]c1=S. The molecule has 0 spiro atoms. The first-order valence-electron chi connectivity index (χ1n) is 3.65. The lowest BCUT2D eigenvalue weighted by Crippen LogP contribution is -2.09. The van der Waals surface area contributed by atoms with Crippen LogP contribution in [0, 0.1) is 4.77 Å². The Labute approximate surface area is 77.6 Å². The average molecular weight is 211 g/mol. The topological polar surface area (TPSA) is 33.6 Å². The Kier molecular flexibility index (Phi) is 3.07. The largest absolute Gasteiger partial charge is 0.389 e. The van der Waals surface area contributed by atoms with Gasteiger partial charge < -0.3 is 4.57 Å². The summed E-state index contributed by atoms with van der Waals surface area (Å²) in [5, 5.41) is 6.05. The number of nitrogens with zero attached hydrogens (tertiary/aromatic N) is 2. The van der Waals surface area contributed by atoms with Crippen molar-refractivity contribution >= 4 is 12.2 Å². The van der Waals surface area contributed by atoms with E-state index in [1.807, 2.05) is 0 Å². The summed E-state index contributed by atoms with van der Waals surface area (Å²) in [5.41, 5.74) is 0. The fraction of sp³-hybridized carbons (Fsp3) is 0.667. The van der Waals surface area contributed by atoms with Crippen LogP contribution in [0.4, 0.5) is 13.2 Å². The van der Waals surface area contributed by atoms with Gasteiger partial charge in [0.05, 0.1) is 0 Å². The monoisotopic (exact) mass is 211 g/mol. The Morgan fingerprint density at radius 2 is 2.23 bits per heavy atom. The molecule has 0 aliphatic rings. The maximum Gasteiger partial charge on any atom is 0.389 e. The molecule has 0 aliphatic carbocycles. The summed E-state index contributed by atoms with van der Waals surface area (Å²) in [4.78, 5) is 0. The van der Waals surface area contributed by atoms with E-state index in [2.05, 4.69) is 10.2 Å². The number of rotatable bonds is 3. The Bertz CT molecular complexity index is 313. The first-order chi connectivity index (χ1) is 5.99. The number of alkyl halides is 3. The van der Waals surface area contributed by atoms with Crippen LogP contribution in [0.5, 0.6) is 0 Å². The summed E-state index contributed by atoms with van der Waals surface area (Å²) in [6.45, 7) is 0.245. The molecule has 74 valence electrons. The van der Waals surface area contributed by atoms with Gasteiger partial charge in [0, 0.05) is 13.0 Å². The van der Waals surface area contributed by atoms with E-state index in [4.69, 9.17) is 12.2 Å². The highest BCUT2D eigenvalue weighted by atomic mass is 32.1. The third kappa shape index (κ3) is 3.58. The number of aromatic nitrogens is 3. The molecule has 7 heteroatoms. The second kappa shape index (κ2) is 3.91. The van der Waals surface area contributed by atoms with Gasteiger partial charge >= 0.3 is 6.18 Å². The quantitative estimate of drug-likeness (QED) is 0.778. The predicted molar refractivity (Wildman–Crippen MR) is 42.7 cm³/mol. The molecule has 0 saturated heterocycles. The molecule has 0 fully saturated rings. The van der Waals surface area contributed by atoms with Crippen molar-refractivity contribution in [3.8, 4) is 0 Å². The third-order valence-electron chi connectivity index (χ3n) is 1.48. The molecule has 0 atom stereocenters. The summed E-state index contributed by atoms with van der Waals surface area (Å²) < 4.78 is 37.0. The lowest BCUT2D eigenvalue weighted by Gasteiger charge is -2.05. The van der Waals surface area contributed by atoms with Crippen LogP contribution in [0.2, 0.25) is 0 Å². The van der Waals surface area contributed by atoms with Crippen molar-refractivity contribution in [1.82, 2.24) is 14.8 Å². The highest BCUT2D eigenvalue weighted by Gasteiger charge is 2.25. The number of aryl methyl sites for hydroxylation is 1. The first kappa shape index (κ1) is 10.2. The zero-order valence-electron chi connectivity index (χ0n) is 6.64. The van der Waals surface area contributed by atoms with Gasteiger partial charge in [0.25, 0.3) is 0 Å². The molecule has 13 heavy (non-hydrogen) atoms. The Morgan fingerprint density at radius 1 is 1.54 bits per heavy atom. The lowest BCUT2D eigenvalue weighted by atomic mass is 10.3. The van der Waals surface area contributed by atoms with Gasteiger partial charge in [-0.2, -0.15) is 18.3 Å². The van der Waals surface area contributed by atoms with Gasteiger partial charge in [-0.15, -0.1) is 0 Å². The molecule has 0 saturated carbocycles. The van der Waals surface area contributed by atoms with Gasteiger partial charge in [-0.3, -0.25) is 5.10 Å². The highest BCUT2D eigenvalue weighted by molar-refractivity contribution is 7.71. The molecule has 1 heterocycles. The van der Waals surface area contributed by atoms with Crippen molar-refractivity contribution in [3.63, 3.8) is 0 Å². The van der Waals surface area contributed by atoms with E-state index >= 15 is 0 Å². The van der Waals surface area contributed by atoms with Crippen LogP contribution < -0.4 is 0 Å². The van der Waals surface area contributed by atoms with E-state index in [9.17, 15) is 13.2 Å². The fourth-order valence-corrected chi connectivity index (χ4v) is 1.07. The van der Waals surface area contributed by atoms with Crippen LogP contribution in [0.3, 0.4) is 0 Å². The van der Waals surface area contributed by atoms with Gasteiger partial charge in [0.1, 0.15) is 6.33 Å². The number of H-pyrrole nitrogens is 1. The molecule has 0 amide bonds. The highest BCUT2D eigenvalue weighted by Crippen LogP contribution is 2.21. The van der Waals surface area contributed by atoms with Crippen LogP contribution in [-0.4, -0.2) is 20.9 Å². The summed E-state index contributed by atoms with van der Waals surface area (Å²) >= 11 is 4.76. The number of aromatic amines is 1. The summed E-state index contributed by atoms with van der Waals surface area (Å²) in [6, 6.07) is 0. The van der Waals surface area contributed by atoms with E-state index in [0.29, 0.717) is 4.77 Å². The molecule has 1 N–H and O–H groups in total. The molecule has 3 nitrogen and oxygen atoms in total. The van der Waals surface area contributed by atoms with Crippen LogP contribution in [0.25, 0.3) is 0 Å². The van der Waals surface area contributed by atoms with Crippen LogP contribution in [0.1, 0.15) is 12.8 Å². The van der Waals surface area contributed by atoms with Crippen molar-refractivity contribution in [1.29, 1.82) is 0 Å². The van der Waals surface area contributed by atoms with Gasteiger partial charge in [0.15, 0.2) is 4.77 Å². The Morgan fingerprint density at radius 3 is 2.69 bits per heavy atom. The van der Waals surface area contributed by atoms with E-state index in [-0.39, 0.29) is 13.0 Å². The van der Waals surface area contributed by atoms with Gasteiger partial charge in [-0.05, 0) is 18.6 Å². The zero-order valence-corrected chi connectivity index (χ0v) is 7.45. The van der Waals surface area contributed by atoms with Crippen molar-refractivity contribution in [2.75, 3.05) is 0 Å². The fourth-order valence-electron chi connectivity index (χ4n) is 0.880. The smallest absolute Gasteiger partial charge is 0.307 e. The number of halogens is 3. The Hall–Kier alpha value is -0.850. The van der Waals surface area contributed by atoms with Crippen molar-refractivity contribution in [2.45, 2.75) is 25.6 Å². The van der Waals surface area contributed by atoms with E-state index in [0.717, 1.165) is 0 Å². The van der Waals surface area contributed by atoms with Crippen LogP contribution >= 0.6 is 12.2 Å². The summed E-state index contributed by atoms with van der Waals surface area (Å²) in [6.07, 6.45) is -3.47. The molecule has 0 radical (unpaired) electrons. The van der Waals surface area contributed by atoms with Crippen molar-refractivity contribution in [3.05, 3.63) is 11.1 Å². The molecule has 1 rings (SSSR count). The van der Waals surface area contributed by atoms with Gasteiger partial charge in [0.2, 0.25) is 0 Å². The second-order valence-electron chi connectivity index (χ2n) is 2.57. The van der Waals surface area contributed by atoms with E-state index in [1.54, 1.807) is 0 Å². The van der Waals surface area contributed by atoms with Gasteiger partial charge in [-0.1, -0.05) is 0 Å². The first-order valence-corrected chi connectivity index (χ1v) is 4.06. The molecule has 0 aromatic carbocycles. The standard InChI is InChI=1S/C6H8F3N3S/c7-6(8,9)2-1-3-12-4-10-11-5(12)13/h4H,1-3H2,(H,11,13). The molecule has 0 bridgehead atoms.